The lowest BCUT2D eigenvalue weighted by atomic mass is 9.96. The number of unbranched alkanes of at least 4 members (excludes halogenated alkanes) is 1. The molecule has 0 spiro atoms. The molecule has 64 valence electrons. The first-order chi connectivity index (χ1) is 5.06. The van der Waals surface area contributed by atoms with E-state index in [0.717, 1.165) is 0 Å². The molecule has 0 aliphatic rings. The van der Waals surface area contributed by atoms with Crippen LogP contribution in [0.15, 0.2) is 24.3 Å². The molecule has 0 aromatic rings. The van der Waals surface area contributed by atoms with Gasteiger partial charge in [-0.15, -0.1) is 0 Å². The summed E-state index contributed by atoms with van der Waals surface area (Å²) in [6.07, 6.45) is 11.1. The van der Waals surface area contributed by atoms with Gasteiger partial charge in [-0.1, -0.05) is 58.4 Å². The minimum atomic E-state index is 0.316. The second-order valence-corrected chi connectivity index (χ2v) is 3.94. The van der Waals surface area contributed by atoms with Crippen LogP contribution in [0.25, 0.3) is 0 Å². The molecule has 0 N–H and O–H groups in total. The SMILES string of the molecule is CCCC=CC=CC(C)(C)C. The van der Waals surface area contributed by atoms with Gasteiger partial charge in [0.15, 0.2) is 0 Å². The van der Waals surface area contributed by atoms with Gasteiger partial charge >= 0.3 is 0 Å². The van der Waals surface area contributed by atoms with Gasteiger partial charge in [-0.05, 0) is 11.8 Å². The van der Waals surface area contributed by atoms with Gasteiger partial charge in [0.2, 0.25) is 0 Å². The standard InChI is InChI=1S/C11H20/c1-5-6-7-8-9-10-11(2,3)4/h7-10H,5-6H2,1-4H3. The van der Waals surface area contributed by atoms with Gasteiger partial charge in [0.1, 0.15) is 0 Å². The fourth-order valence-electron chi connectivity index (χ4n) is 0.686. The van der Waals surface area contributed by atoms with E-state index < -0.39 is 0 Å². The summed E-state index contributed by atoms with van der Waals surface area (Å²) in [7, 11) is 0. The molecule has 0 fully saturated rings. The Kier molecular flexibility index (Phi) is 4.93. The highest BCUT2D eigenvalue weighted by Crippen LogP contribution is 2.14. The summed E-state index contributed by atoms with van der Waals surface area (Å²) in [5.41, 5.74) is 0.316. The fourth-order valence-corrected chi connectivity index (χ4v) is 0.686. The largest absolute Gasteiger partial charge is 0.0846 e. The van der Waals surface area contributed by atoms with Crippen molar-refractivity contribution in [1.29, 1.82) is 0 Å². The number of allylic oxidation sites excluding steroid dienone is 4. The molecule has 0 saturated heterocycles. The van der Waals surface area contributed by atoms with Gasteiger partial charge in [0.25, 0.3) is 0 Å². The van der Waals surface area contributed by atoms with Crippen molar-refractivity contribution in [3.05, 3.63) is 24.3 Å². The lowest BCUT2D eigenvalue weighted by molar-refractivity contribution is 0.544. The Balaban J connectivity index is 3.60. The summed E-state index contributed by atoms with van der Waals surface area (Å²) in [6, 6.07) is 0. The molecule has 0 rings (SSSR count). The quantitative estimate of drug-likeness (QED) is 0.537. The van der Waals surface area contributed by atoms with Gasteiger partial charge in [0.05, 0.1) is 0 Å². The van der Waals surface area contributed by atoms with Crippen molar-refractivity contribution in [3.8, 4) is 0 Å². The van der Waals surface area contributed by atoms with Crippen LogP contribution in [0.1, 0.15) is 40.5 Å². The number of hydrogen-bond acceptors (Lipinski definition) is 0. The van der Waals surface area contributed by atoms with Crippen molar-refractivity contribution in [1.82, 2.24) is 0 Å². The maximum Gasteiger partial charge on any atom is -0.0200 e. The lowest BCUT2D eigenvalue weighted by Gasteiger charge is -2.09. The van der Waals surface area contributed by atoms with Crippen LogP contribution in [0, 0.1) is 5.41 Å². The third-order valence-corrected chi connectivity index (χ3v) is 1.30. The van der Waals surface area contributed by atoms with Crippen LogP contribution in [-0.2, 0) is 0 Å². The molecular formula is C11H20. The minimum Gasteiger partial charge on any atom is -0.0846 e. The predicted molar refractivity (Wildman–Crippen MR) is 52.6 cm³/mol. The van der Waals surface area contributed by atoms with E-state index in [1.54, 1.807) is 0 Å². The van der Waals surface area contributed by atoms with E-state index in [1.165, 1.54) is 12.8 Å². The monoisotopic (exact) mass is 152 g/mol. The van der Waals surface area contributed by atoms with Crippen molar-refractivity contribution in [2.45, 2.75) is 40.5 Å². The van der Waals surface area contributed by atoms with Crippen molar-refractivity contribution in [2.24, 2.45) is 5.41 Å². The number of hydrogen-bond donors (Lipinski definition) is 0. The van der Waals surface area contributed by atoms with E-state index in [4.69, 9.17) is 0 Å². The zero-order valence-corrected chi connectivity index (χ0v) is 8.22. The van der Waals surface area contributed by atoms with Crippen LogP contribution >= 0.6 is 0 Å². The van der Waals surface area contributed by atoms with Crippen LogP contribution in [0.4, 0.5) is 0 Å². The van der Waals surface area contributed by atoms with Crippen LogP contribution in [-0.4, -0.2) is 0 Å². The maximum absolute atomic E-state index is 2.22. The average molecular weight is 152 g/mol. The highest BCUT2D eigenvalue weighted by Gasteiger charge is 2.01. The third kappa shape index (κ3) is 9.48. The molecule has 0 bridgehead atoms. The van der Waals surface area contributed by atoms with Crippen molar-refractivity contribution in [2.75, 3.05) is 0 Å². The van der Waals surface area contributed by atoms with Crippen molar-refractivity contribution < 1.29 is 0 Å². The molecule has 0 heterocycles. The van der Waals surface area contributed by atoms with Crippen LogP contribution in [0.5, 0.6) is 0 Å². The summed E-state index contributed by atoms with van der Waals surface area (Å²) >= 11 is 0. The summed E-state index contributed by atoms with van der Waals surface area (Å²) in [5.74, 6) is 0. The lowest BCUT2D eigenvalue weighted by Crippen LogP contribution is -1.97. The fraction of sp³-hybridized carbons (Fsp3) is 0.636. The summed E-state index contributed by atoms with van der Waals surface area (Å²) in [5, 5.41) is 0. The molecular weight excluding hydrogens is 132 g/mol. The zero-order chi connectivity index (χ0) is 8.74. The van der Waals surface area contributed by atoms with E-state index in [0.29, 0.717) is 5.41 Å². The van der Waals surface area contributed by atoms with Crippen LogP contribution in [0.2, 0.25) is 0 Å². The Morgan fingerprint density at radius 3 is 2.18 bits per heavy atom. The Bertz CT molecular complexity index is 133. The van der Waals surface area contributed by atoms with Gasteiger partial charge in [-0.3, -0.25) is 0 Å². The molecule has 0 aromatic carbocycles. The molecule has 0 saturated carbocycles. The predicted octanol–water partition coefficient (Wildman–Crippen LogP) is 3.95. The Labute approximate surface area is 71.0 Å². The summed E-state index contributed by atoms with van der Waals surface area (Å²) in [4.78, 5) is 0. The molecule has 11 heavy (non-hydrogen) atoms. The smallest absolute Gasteiger partial charge is 0.0200 e. The molecule has 0 aliphatic heterocycles. The van der Waals surface area contributed by atoms with E-state index in [-0.39, 0.29) is 0 Å². The zero-order valence-electron chi connectivity index (χ0n) is 8.22. The summed E-state index contributed by atoms with van der Waals surface area (Å²) < 4.78 is 0. The van der Waals surface area contributed by atoms with Gasteiger partial charge in [-0.2, -0.15) is 0 Å². The van der Waals surface area contributed by atoms with Gasteiger partial charge in [-0.25, -0.2) is 0 Å². The highest BCUT2D eigenvalue weighted by molar-refractivity contribution is 5.05. The van der Waals surface area contributed by atoms with Gasteiger partial charge < -0.3 is 0 Å². The molecule has 0 heteroatoms. The first-order valence-electron chi connectivity index (χ1n) is 4.40. The first kappa shape index (κ1) is 10.5. The number of rotatable bonds is 3. The minimum absolute atomic E-state index is 0.316. The Hall–Kier alpha value is -0.520. The van der Waals surface area contributed by atoms with E-state index in [9.17, 15) is 0 Å². The topological polar surface area (TPSA) is 0 Å². The maximum atomic E-state index is 2.22. The van der Waals surface area contributed by atoms with Crippen LogP contribution < -0.4 is 0 Å². The summed E-state index contributed by atoms with van der Waals surface area (Å²) in [6.45, 7) is 8.81. The first-order valence-corrected chi connectivity index (χ1v) is 4.40. The molecule has 0 aliphatic carbocycles. The molecule has 0 unspecified atom stereocenters. The Morgan fingerprint density at radius 1 is 1.09 bits per heavy atom. The molecule has 0 nitrogen and oxygen atoms in total. The third-order valence-electron chi connectivity index (χ3n) is 1.30. The van der Waals surface area contributed by atoms with Crippen molar-refractivity contribution in [3.63, 3.8) is 0 Å². The Morgan fingerprint density at radius 2 is 1.73 bits per heavy atom. The van der Waals surface area contributed by atoms with E-state index in [2.05, 4.69) is 52.0 Å². The van der Waals surface area contributed by atoms with E-state index >= 15 is 0 Å². The molecule has 0 amide bonds. The normalized spacial score (nSPS) is 13.5. The molecule has 0 atom stereocenters. The second-order valence-electron chi connectivity index (χ2n) is 3.94. The van der Waals surface area contributed by atoms with Crippen molar-refractivity contribution >= 4 is 0 Å². The van der Waals surface area contributed by atoms with E-state index in [1.807, 2.05) is 0 Å². The molecule has 0 aromatic heterocycles. The average Bonchev–Trinajstić information content (AvgIpc) is 1.85. The highest BCUT2D eigenvalue weighted by atomic mass is 14.1. The van der Waals surface area contributed by atoms with Gasteiger partial charge in [0, 0.05) is 0 Å². The second kappa shape index (κ2) is 5.17. The molecule has 0 radical (unpaired) electrons. The van der Waals surface area contributed by atoms with Crippen LogP contribution in [0.3, 0.4) is 0 Å².